The first kappa shape index (κ1) is 46.9. The number of aliphatic imine (C=N–C) groups is 1. The molecule has 2 unspecified atom stereocenters. The number of aromatic nitrogens is 2. The number of aliphatic hydroxyl groups is 1. The number of hydrogen-bond donors (Lipinski definition) is 5. The first-order valence-electron chi connectivity index (χ1n) is 15.2. The largest absolute Gasteiger partial charge is 1.00 e. The SMILES string of the molecule is CCOC(=N)CNC(=O)OC(C)(C)C.COC(=O)c1csc(C([NH3+])CO)n1.COC(=O)c1csc(C2COC(=NCC(=O)OC(C)(C)C)N2)n1.[Cl-]. The molecule has 3 heterocycles. The van der Waals surface area contributed by atoms with Gasteiger partial charge < -0.3 is 62.3 Å². The summed E-state index contributed by atoms with van der Waals surface area (Å²) in [5.41, 5.74) is 3.13. The molecule has 0 saturated carbocycles. The number of rotatable bonds is 10. The summed E-state index contributed by atoms with van der Waals surface area (Å²) in [7, 11) is 2.61. The van der Waals surface area contributed by atoms with Crippen LogP contribution in [0.2, 0.25) is 0 Å². The topological polar surface area (TPSA) is 258 Å². The van der Waals surface area contributed by atoms with Gasteiger partial charge in [-0.25, -0.2) is 29.3 Å². The molecule has 0 radical (unpaired) electrons. The fourth-order valence-corrected chi connectivity index (χ4v) is 4.84. The van der Waals surface area contributed by atoms with E-state index in [1.54, 1.807) is 59.2 Å². The number of hydrogen-bond acceptors (Lipinski definition) is 17. The molecule has 2 aromatic rings. The predicted molar refractivity (Wildman–Crippen MR) is 183 cm³/mol. The molecular weight excluding hydrogens is 734 g/mol. The lowest BCUT2D eigenvalue weighted by atomic mass is 10.2. The lowest BCUT2D eigenvalue weighted by molar-refractivity contribution is -0.432. The Kier molecular flexibility index (Phi) is 20.8. The van der Waals surface area contributed by atoms with E-state index < -0.39 is 35.2 Å². The molecule has 2 aromatic heterocycles. The van der Waals surface area contributed by atoms with Gasteiger partial charge in [-0.05, 0) is 48.5 Å². The minimum atomic E-state index is -0.547. The summed E-state index contributed by atoms with van der Waals surface area (Å²) < 4.78 is 29.4. The van der Waals surface area contributed by atoms with Gasteiger partial charge in [-0.15, -0.1) is 22.7 Å². The van der Waals surface area contributed by atoms with E-state index in [0.717, 1.165) is 0 Å². The lowest BCUT2D eigenvalue weighted by Crippen LogP contribution is -3.00. The predicted octanol–water partition coefficient (Wildman–Crippen LogP) is -0.978. The van der Waals surface area contributed by atoms with E-state index in [9.17, 15) is 19.2 Å². The quantitative estimate of drug-likeness (QED) is 0.0841. The number of carbonyl (C=O) groups is 4. The van der Waals surface area contributed by atoms with Gasteiger partial charge in [-0.2, -0.15) is 0 Å². The van der Waals surface area contributed by atoms with Crippen molar-refractivity contribution in [3.63, 3.8) is 0 Å². The maximum atomic E-state index is 11.6. The van der Waals surface area contributed by atoms with Crippen LogP contribution in [-0.2, 0) is 33.2 Å². The molecule has 18 nitrogen and oxygen atoms in total. The average Bonchev–Trinajstić information content (AvgIpc) is 3.82. The molecule has 51 heavy (non-hydrogen) atoms. The van der Waals surface area contributed by atoms with Crippen molar-refractivity contribution in [2.24, 2.45) is 4.99 Å². The van der Waals surface area contributed by atoms with Crippen LogP contribution in [0.5, 0.6) is 0 Å². The van der Waals surface area contributed by atoms with Crippen molar-refractivity contribution in [3.05, 3.63) is 32.2 Å². The normalized spacial score (nSPS) is 14.7. The van der Waals surface area contributed by atoms with Crippen molar-refractivity contribution in [2.75, 3.05) is 47.1 Å². The Hall–Kier alpha value is -4.11. The Labute approximate surface area is 310 Å². The molecule has 7 N–H and O–H groups in total. The number of halogens is 1. The summed E-state index contributed by atoms with van der Waals surface area (Å²) >= 11 is 2.62. The summed E-state index contributed by atoms with van der Waals surface area (Å²) in [5.74, 6) is -1.35. The molecule has 2 atom stereocenters. The first-order valence-corrected chi connectivity index (χ1v) is 16.9. The maximum Gasteiger partial charge on any atom is 0.408 e. The standard InChI is InChI=1S/C14H19N3O5S.C9H18N2O3.C7H10N2O3S.ClH/c1-14(2,3)22-10(18)5-15-13-17-8(6-21-13)11-16-9(7-23-11)12(19)20-4;1-5-13-7(10)6-11-8(12)14-9(2,3)4;1-12-7(11)5-3-13-6(9-5)4(8)2-10;/h7-8H,5-6H2,1-4H3,(H,15,17);10H,5-6H2,1-4H3,(H,11,12);3-4,10H,2,8H2,1H3;1H. The number of thiazole rings is 2. The van der Waals surface area contributed by atoms with Crippen LogP contribution in [0.3, 0.4) is 0 Å². The van der Waals surface area contributed by atoms with Gasteiger partial charge in [0.15, 0.2) is 22.4 Å². The van der Waals surface area contributed by atoms with Gasteiger partial charge in [0.2, 0.25) is 5.90 Å². The van der Waals surface area contributed by atoms with Gasteiger partial charge in [0, 0.05) is 10.8 Å². The minimum Gasteiger partial charge on any atom is -1.00 e. The van der Waals surface area contributed by atoms with Crippen LogP contribution in [0.1, 0.15) is 91.5 Å². The zero-order valence-electron chi connectivity index (χ0n) is 30.1. The van der Waals surface area contributed by atoms with E-state index in [-0.39, 0.29) is 67.5 Å². The van der Waals surface area contributed by atoms with Crippen LogP contribution in [0, 0.1) is 5.41 Å². The molecule has 0 spiro atoms. The third-order valence-electron chi connectivity index (χ3n) is 5.27. The molecule has 21 heteroatoms. The zero-order chi connectivity index (χ0) is 38.1. The molecule has 288 valence electrons. The highest BCUT2D eigenvalue weighted by Crippen LogP contribution is 2.22. The summed E-state index contributed by atoms with van der Waals surface area (Å²) in [6.07, 6.45) is -0.540. The highest BCUT2D eigenvalue weighted by atomic mass is 35.5. The molecule has 1 fully saturated rings. The monoisotopic (exact) mass is 781 g/mol. The number of aliphatic hydroxyl groups excluding tert-OH is 1. The van der Waals surface area contributed by atoms with Crippen LogP contribution in [0.15, 0.2) is 15.8 Å². The second-order valence-electron chi connectivity index (χ2n) is 11.9. The van der Waals surface area contributed by atoms with Crippen molar-refractivity contribution in [1.82, 2.24) is 20.6 Å². The van der Waals surface area contributed by atoms with Gasteiger partial charge in [-0.1, -0.05) is 0 Å². The Morgan fingerprint density at radius 1 is 1.06 bits per heavy atom. The van der Waals surface area contributed by atoms with Crippen LogP contribution in [0.25, 0.3) is 0 Å². The van der Waals surface area contributed by atoms with E-state index in [0.29, 0.717) is 23.2 Å². The van der Waals surface area contributed by atoms with Gasteiger partial charge in [0.25, 0.3) is 6.02 Å². The number of ether oxygens (including phenoxy) is 6. The van der Waals surface area contributed by atoms with Gasteiger partial charge in [0.05, 0.1) is 27.4 Å². The molecular formula is C30H48ClN7O11S2. The van der Waals surface area contributed by atoms with E-state index >= 15 is 0 Å². The summed E-state index contributed by atoms with van der Waals surface area (Å²) in [6.45, 7) is 13.1. The highest BCUT2D eigenvalue weighted by Gasteiger charge is 2.27. The van der Waals surface area contributed by atoms with Crippen molar-refractivity contribution in [2.45, 2.75) is 71.8 Å². The Balaban J connectivity index is 0.000000775. The van der Waals surface area contributed by atoms with E-state index in [2.05, 4.69) is 40.8 Å². The first-order chi connectivity index (χ1) is 23.3. The van der Waals surface area contributed by atoms with Crippen molar-refractivity contribution >= 4 is 58.6 Å². The number of esters is 3. The molecule has 0 aliphatic carbocycles. The van der Waals surface area contributed by atoms with E-state index in [1.807, 2.05) is 0 Å². The lowest BCUT2D eigenvalue weighted by Gasteiger charge is -2.19. The number of nitrogens with one attached hydrogen (secondary N) is 3. The molecule has 1 saturated heterocycles. The van der Waals surface area contributed by atoms with Crippen LogP contribution in [-0.4, -0.2) is 109 Å². The average molecular weight is 782 g/mol. The van der Waals surface area contributed by atoms with Crippen molar-refractivity contribution < 1.29 is 70.8 Å². The Bertz CT molecular complexity index is 1460. The molecule has 0 bridgehead atoms. The minimum absolute atomic E-state index is 0. The second kappa shape index (κ2) is 22.7. The fraction of sp³-hybridized carbons (Fsp3) is 0.600. The summed E-state index contributed by atoms with van der Waals surface area (Å²) in [5, 5.41) is 26.0. The maximum absolute atomic E-state index is 11.6. The van der Waals surface area contributed by atoms with Crippen molar-refractivity contribution in [1.29, 1.82) is 5.41 Å². The molecule has 0 aromatic carbocycles. The zero-order valence-corrected chi connectivity index (χ0v) is 32.5. The third kappa shape index (κ3) is 19.2. The van der Waals surface area contributed by atoms with E-state index in [1.165, 1.54) is 36.9 Å². The van der Waals surface area contributed by atoms with Gasteiger partial charge in [-0.3, -0.25) is 10.2 Å². The fourth-order valence-electron chi connectivity index (χ4n) is 3.22. The number of carbonyl (C=O) groups excluding carboxylic acids is 4. The van der Waals surface area contributed by atoms with Gasteiger partial charge in [0.1, 0.15) is 42.0 Å². The summed E-state index contributed by atoms with van der Waals surface area (Å²) in [4.78, 5) is 57.3. The number of amidine groups is 1. The number of methoxy groups -OCH3 is 2. The third-order valence-corrected chi connectivity index (χ3v) is 7.23. The van der Waals surface area contributed by atoms with Crippen LogP contribution in [0.4, 0.5) is 4.79 Å². The van der Waals surface area contributed by atoms with Crippen LogP contribution >= 0.6 is 22.7 Å². The smallest absolute Gasteiger partial charge is 0.408 e. The molecule has 3 rings (SSSR count). The van der Waals surface area contributed by atoms with E-state index in [4.69, 9.17) is 29.5 Å². The Morgan fingerprint density at radius 2 is 1.63 bits per heavy atom. The van der Waals surface area contributed by atoms with Gasteiger partial charge >= 0.3 is 24.0 Å². The molecule has 1 aliphatic heterocycles. The van der Waals surface area contributed by atoms with Crippen LogP contribution < -0.4 is 28.8 Å². The summed E-state index contributed by atoms with van der Waals surface area (Å²) in [6, 6.07) is -0.227. The number of quaternary nitrogens is 1. The molecule has 1 aliphatic rings. The number of nitrogens with zero attached hydrogens (tertiary/aromatic N) is 3. The highest BCUT2D eigenvalue weighted by molar-refractivity contribution is 7.10. The number of amides is 1. The Morgan fingerprint density at radius 3 is 2.16 bits per heavy atom. The van der Waals surface area contributed by atoms with Crippen molar-refractivity contribution in [3.8, 4) is 0 Å². The number of alkyl carbamates (subject to hydrolysis) is 1. The molecule has 1 amide bonds. The second-order valence-corrected chi connectivity index (χ2v) is 13.7.